The van der Waals surface area contributed by atoms with Crippen LogP contribution in [0.15, 0.2) is 42.5 Å². The van der Waals surface area contributed by atoms with Crippen molar-refractivity contribution in [3.63, 3.8) is 0 Å². The fourth-order valence-corrected chi connectivity index (χ4v) is 3.46. The molecule has 1 aliphatic rings. The molecule has 5 heteroatoms. The van der Waals surface area contributed by atoms with Crippen LogP contribution < -0.4 is 14.2 Å². The average Bonchev–Trinajstić information content (AvgIpc) is 3.15. The number of fused-ring (bicyclic) bond motifs is 2. The molecule has 2 heterocycles. The minimum Gasteiger partial charge on any atom is -0.454 e. The van der Waals surface area contributed by atoms with Gasteiger partial charge in [-0.05, 0) is 36.6 Å². The molecule has 1 aliphatic heterocycles. The maximum absolute atomic E-state index is 13.1. The number of carbonyl (C=O) groups excluding carboxylic acids is 1. The van der Waals surface area contributed by atoms with Crippen LogP contribution in [0.1, 0.15) is 41.9 Å². The molecule has 0 amide bonds. The third-order valence-electron chi connectivity index (χ3n) is 4.68. The maximum Gasteiger partial charge on any atom is 0.344 e. The van der Waals surface area contributed by atoms with E-state index in [4.69, 9.17) is 19.2 Å². The first-order valence-corrected chi connectivity index (χ1v) is 9.23. The summed E-state index contributed by atoms with van der Waals surface area (Å²) in [6, 6.07) is 12.9. The highest BCUT2D eigenvalue weighted by Gasteiger charge is 2.22. The lowest BCUT2D eigenvalue weighted by Crippen LogP contribution is -2.15. The Morgan fingerprint density at radius 3 is 2.74 bits per heavy atom. The fourth-order valence-electron chi connectivity index (χ4n) is 3.46. The van der Waals surface area contributed by atoms with Crippen molar-refractivity contribution in [2.45, 2.75) is 33.1 Å². The van der Waals surface area contributed by atoms with Crippen LogP contribution in [0.2, 0.25) is 0 Å². The number of aromatic nitrogens is 1. The first-order valence-electron chi connectivity index (χ1n) is 9.23. The second-order valence-corrected chi connectivity index (χ2v) is 6.44. The van der Waals surface area contributed by atoms with Gasteiger partial charge in [0.2, 0.25) is 6.79 Å². The molecule has 138 valence electrons. The molecule has 0 saturated carbocycles. The minimum absolute atomic E-state index is 0.183. The van der Waals surface area contributed by atoms with Crippen LogP contribution >= 0.6 is 0 Å². The summed E-state index contributed by atoms with van der Waals surface area (Å²) in [7, 11) is 0. The molecule has 0 atom stereocenters. The van der Waals surface area contributed by atoms with Gasteiger partial charge in [-0.25, -0.2) is 4.79 Å². The lowest BCUT2D eigenvalue weighted by atomic mass is 9.96. The number of carbonyl (C=O) groups is 1. The van der Waals surface area contributed by atoms with E-state index in [9.17, 15) is 4.79 Å². The van der Waals surface area contributed by atoms with Crippen molar-refractivity contribution in [1.82, 2.24) is 4.98 Å². The number of para-hydroxylation sites is 1. The summed E-state index contributed by atoms with van der Waals surface area (Å²) in [5, 5.41) is 0.819. The number of hydrogen-bond acceptors (Lipinski definition) is 5. The van der Waals surface area contributed by atoms with Crippen LogP contribution in [-0.2, 0) is 12.8 Å². The standard InChI is InChI=1S/C22H21NO4/c1-3-7-17-15(4-2)21(16-8-5-6-9-18(16)23-17)22(24)27-14-10-11-19-20(12-14)26-13-25-19/h5-6,8-12H,3-4,7,13H2,1-2H3. The zero-order chi connectivity index (χ0) is 18.8. The third kappa shape index (κ3) is 3.21. The topological polar surface area (TPSA) is 57.7 Å². The molecule has 1 aromatic heterocycles. The number of esters is 1. The first-order chi connectivity index (χ1) is 13.2. The summed E-state index contributed by atoms with van der Waals surface area (Å²) in [6.07, 6.45) is 2.52. The third-order valence-corrected chi connectivity index (χ3v) is 4.68. The van der Waals surface area contributed by atoms with E-state index in [2.05, 4.69) is 6.92 Å². The van der Waals surface area contributed by atoms with Crippen molar-refractivity contribution in [2.24, 2.45) is 0 Å². The van der Waals surface area contributed by atoms with Gasteiger partial charge in [0.15, 0.2) is 11.5 Å². The van der Waals surface area contributed by atoms with Crippen LogP contribution in [0.5, 0.6) is 17.2 Å². The van der Waals surface area contributed by atoms with Gasteiger partial charge in [0.25, 0.3) is 0 Å². The number of benzene rings is 2. The van der Waals surface area contributed by atoms with Gasteiger partial charge in [0.1, 0.15) is 5.75 Å². The summed E-state index contributed by atoms with van der Waals surface area (Å²) < 4.78 is 16.4. The smallest absolute Gasteiger partial charge is 0.344 e. The molecule has 27 heavy (non-hydrogen) atoms. The maximum atomic E-state index is 13.1. The van der Waals surface area contributed by atoms with E-state index < -0.39 is 0 Å². The van der Waals surface area contributed by atoms with Crippen LogP contribution in [0.4, 0.5) is 0 Å². The molecule has 0 radical (unpaired) electrons. The number of pyridine rings is 1. The van der Waals surface area contributed by atoms with Gasteiger partial charge in [0, 0.05) is 17.1 Å². The number of nitrogens with zero attached hydrogens (tertiary/aromatic N) is 1. The highest BCUT2D eigenvalue weighted by atomic mass is 16.7. The molecule has 0 aliphatic carbocycles. The van der Waals surface area contributed by atoms with Crippen molar-refractivity contribution in [1.29, 1.82) is 0 Å². The molecular weight excluding hydrogens is 342 g/mol. The van der Waals surface area contributed by atoms with E-state index in [-0.39, 0.29) is 12.8 Å². The second kappa shape index (κ2) is 7.27. The van der Waals surface area contributed by atoms with Crippen molar-refractivity contribution < 1.29 is 19.0 Å². The Bertz CT molecular complexity index is 1010. The summed E-state index contributed by atoms with van der Waals surface area (Å²) in [4.78, 5) is 17.9. The van der Waals surface area contributed by atoms with Gasteiger partial charge in [0.05, 0.1) is 11.1 Å². The highest BCUT2D eigenvalue weighted by molar-refractivity contribution is 6.05. The van der Waals surface area contributed by atoms with Crippen molar-refractivity contribution in [3.8, 4) is 17.2 Å². The van der Waals surface area contributed by atoms with Gasteiger partial charge in [-0.1, -0.05) is 38.5 Å². The quantitative estimate of drug-likeness (QED) is 0.486. The Morgan fingerprint density at radius 2 is 1.93 bits per heavy atom. The zero-order valence-electron chi connectivity index (χ0n) is 15.5. The van der Waals surface area contributed by atoms with Gasteiger partial charge < -0.3 is 14.2 Å². The van der Waals surface area contributed by atoms with E-state index in [1.54, 1.807) is 18.2 Å². The fraction of sp³-hybridized carbons (Fsp3) is 0.273. The molecule has 3 aromatic rings. The second-order valence-electron chi connectivity index (χ2n) is 6.44. The first kappa shape index (κ1) is 17.3. The molecule has 0 N–H and O–H groups in total. The van der Waals surface area contributed by atoms with E-state index in [0.717, 1.165) is 41.4 Å². The van der Waals surface area contributed by atoms with Gasteiger partial charge in [-0.15, -0.1) is 0 Å². The predicted molar refractivity (Wildman–Crippen MR) is 103 cm³/mol. The molecule has 0 bridgehead atoms. The molecule has 0 spiro atoms. The van der Waals surface area contributed by atoms with E-state index in [0.29, 0.717) is 22.8 Å². The zero-order valence-corrected chi connectivity index (χ0v) is 15.5. The molecule has 0 saturated heterocycles. The predicted octanol–water partition coefficient (Wildman–Crippen LogP) is 4.70. The molecule has 0 unspecified atom stereocenters. The van der Waals surface area contributed by atoms with E-state index in [1.807, 2.05) is 31.2 Å². The van der Waals surface area contributed by atoms with Gasteiger partial charge in [-0.2, -0.15) is 0 Å². The molecular formula is C22H21NO4. The lowest BCUT2D eigenvalue weighted by molar-refractivity contribution is 0.0735. The van der Waals surface area contributed by atoms with Gasteiger partial charge >= 0.3 is 5.97 Å². The monoisotopic (exact) mass is 363 g/mol. The molecule has 5 nitrogen and oxygen atoms in total. The summed E-state index contributed by atoms with van der Waals surface area (Å²) >= 11 is 0. The largest absolute Gasteiger partial charge is 0.454 e. The Balaban J connectivity index is 1.78. The summed E-state index contributed by atoms with van der Waals surface area (Å²) in [6.45, 7) is 4.34. The van der Waals surface area contributed by atoms with Crippen LogP contribution in [0.3, 0.4) is 0 Å². The van der Waals surface area contributed by atoms with Gasteiger partial charge in [-0.3, -0.25) is 4.98 Å². The highest BCUT2D eigenvalue weighted by Crippen LogP contribution is 2.35. The molecule has 0 fully saturated rings. The lowest BCUT2D eigenvalue weighted by Gasteiger charge is -2.15. The van der Waals surface area contributed by atoms with Crippen LogP contribution in [-0.4, -0.2) is 17.7 Å². The summed E-state index contributed by atoms with van der Waals surface area (Å²) in [5.74, 6) is 1.30. The molecule has 4 rings (SSSR count). The Labute approximate surface area is 157 Å². The van der Waals surface area contributed by atoms with Crippen LogP contribution in [0, 0.1) is 0 Å². The Hall–Kier alpha value is -3.08. The number of ether oxygens (including phenoxy) is 3. The Kier molecular flexibility index (Phi) is 4.67. The Morgan fingerprint density at radius 1 is 1.11 bits per heavy atom. The SMILES string of the molecule is CCCc1nc2ccccc2c(C(=O)Oc2ccc3c(c2)OCO3)c1CC. The van der Waals surface area contributed by atoms with Crippen molar-refractivity contribution >= 4 is 16.9 Å². The van der Waals surface area contributed by atoms with Crippen molar-refractivity contribution in [3.05, 3.63) is 59.3 Å². The summed E-state index contributed by atoms with van der Waals surface area (Å²) in [5.41, 5.74) is 3.35. The number of hydrogen-bond donors (Lipinski definition) is 0. The van der Waals surface area contributed by atoms with Crippen LogP contribution in [0.25, 0.3) is 10.9 Å². The average molecular weight is 363 g/mol. The van der Waals surface area contributed by atoms with Crippen molar-refractivity contribution in [2.75, 3.05) is 6.79 Å². The number of aryl methyl sites for hydroxylation is 1. The number of rotatable bonds is 5. The molecule has 2 aromatic carbocycles. The minimum atomic E-state index is -0.373. The normalized spacial score (nSPS) is 12.4. The van der Waals surface area contributed by atoms with E-state index >= 15 is 0 Å². The van der Waals surface area contributed by atoms with E-state index in [1.165, 1.54) is 0 Å².